The molecule has 4 heteroatoms. The molecule has 0 saturated carbocycles. The Morgan fingerprint density at radius 1 is 1.47 bits per heavy atom. The number of pyridine rings is 1. The van der Waals surface area contributed by atoms with E-state index in [2.05, 4.69) is 34.8 Å². The summed E-state index contributed by atoms with van der Waals surface area (Å²) in [6.07, 6.45) is 3.83. The molecule has 0 aliphatic carbocycles. The van der Waals surface area contributed by atoms with Crippen LogP contribution in [0.15, 0.2) is 22.9 Å². The number of carbonyl (C=O) groups excluding carboxylic acids is 1. The highest BCUT2D eigenvalue weighted by atomic mass is 79.9. The molecule has 0 radical (unpaired) electrons. The zero-order chi connectivity index (χ0) is 12.4. The van der Waals surface area contributed by atoms with Crippen molar-refractivity contribution in [2.45, 2.75) is 32.7 Å². The fraction of sp³-hybridized carbons (Fsp3) is 0.538. The summed E-state index contributed by atoms with van der Waals surface area (Å²) in [5.74, 6) is 0.821. The van der Waals surface area contributed by atoms with Gasteiger partial charge >= 0.3 is 0 Å². The lowest BCUT2D eigenvalue weighted by atomic mass is 9.93. The predicted molar refractivity (Wildman–Crippen MR) is 70.8 cm³/mol. The van der Waals surface area contributed by atoms with Gasteiger partial charge in [-0.05, 0) is 53.7 Å². The predicted octanol–water partition coefficient (Wildman–Crippen LogP) is 3.10. The van der Waals surface area contributed by atoms with Crippen molar-refractivity contribution < 1.29 is 4.79 Å². The van der Waals surface area contributed by atoms with Gasteiger partial charge in [0.15, 0.2) is 0 Å². The number of piperidine rings is 1. The molecule has 2 atom stereocenters. The second-order valence-electron chi connectivity index (χ2n) is 4.85. The molecule has 1 aliphatic heterocycles. The van der Waals surface area contributed by atoms with Crippen LogP contribution in [0.4, 0.5) is 0 Å². The zero-order valence-electron chi connectivity index (χ0n) is 10.2. The Hall–Kier alpha value is -0.900. The average Bonchev–Trinajstić information content (AvgIpc) is 2.29. The third-order valence-corrected chi connectivity index (χ3v) is 3.84. The Kier molecular flexibility index (Phi) is 3.82. The summed E-state index contributed by atoms with van der Waals surface area (Å²) < 4.78 is 0.759. The summed E-state index contributed by atoms with van der Waals surface area (Å²) in [4.78, 5) is 18.4. The second kappa shape index (κ2) is 5.17. The van der Waals surface area contributed by atoms with Crippen LogP contribution in [0.25, 0.3) is 0 Å². The molecule has 1 aromatic heterocycles. The number of likely N-dealkylation sites (tertiary alicyclic amines) is 1. The first-order valence-electron chi connectivity index (χ1n) is 6.00. The van der Waals surface area contributed by atoms with E-state index >= 15 is 0 Å². The van der Waals surface area contributed by atoms with Crippen molar-refractivity contribution in [2.75, 3.05) is 6.54 Å². The smallest absolute Gasteiger partial charge is 0.255 e. The van der Waals surface area contributed by atoms with Gasteiger partial charge in [0.25, 0.3) is 5.91 Å². The molecule has 1 saturated heterocycles. The molecule has 17 heavy (non-hydrogen) atoms. The SMILES string of the molecule is CC1CCN(C(=O)c2ccc(Br)nc2)C(C)C1. The fourth-order valence-electron chi connectivity index (χ4n) is 2.38. The van der Waals surface area contributed by atoms with Gasteiger partial charge in [-0.3, -0.25) is 4.79 Å². The zero-order valence-corrected chi connectivity index (χ0v) is 11.8. The fourth-order valence-corrected chi connectivity index (χ4v) is 2.61. The van der Waals surface area contributed by atoms with Crippen LogP contribution in [0, 0.1) is 5.92 Å². The Bertz CT molecular complexity index is 404. The van der Waals surface area contributed by atoms with E-state index in [4.69, 9.17) is 0 Å². The van der Waals surface area contributed by atoms with Crippen LogP contribution in [-0.4, -0.2) is 28.4 Å². The molecule has 0 bridgehead atoms. The van der Waals surface area contributed by atoms with Crippen molar-refractivity contribution in [3.8, 4) is 0 Å². The molecule has 2 rings (SSSR count). The Morgan fingerprint density at radius 2 is 2.24 bits per heavy atom. The monoisotopic (exact) mass is 296 g/mol. The summed E-state index contributed by atoms with van der Waals surface area (Å²) in [6.45, 7) is 5.23. The number of hydrogen-bond acceptors (Lipinski definition) is 2. The van der Waals surface area contributed by atoms with Gasteiger partial charge in [0.1, 0.15) is 4.60 Å². The van der Waals surface area contributed by atoms with Gasteiger partial charge in [0.05, 0.1) is 5.56 Å². The minimum absolute atomic E-state index is 0.101. The highest BCUT2D eigenvalue weighted by molar-refractivity contribution is 9.10. The van der Waals surface area contributed by atoms with Crippen molar-refractivity contribution in [2.24, 2.45) is 5.92 Å². The van der Waals surface area contributed by atoms with Crippen LogP contribution < -0.4 is 0 Å². The van der Waals surface area contributed by atoms with Gasteiger partial charge in [0.2, 0.25) is 0 Å². The number of nitrogens with zero attached hydrogens (tertiary/aromatic N) is 2. The summed E-state index contributed by atoms with van der Waals surface area (Å²) in [6, 6.07) is 3.96. The molecule has 3 nitrogen and oxygen atoms in total. The van der Waals surface area contributed by atoms with Crippen LogP contribution in [0.3, 0.4) is 0 Å². The topological polar surface area (TPSA) is 33.2 Å². The molecule has 92 valence electrons. The molecule has 1 aliphatic rings. The lowest BCUT2D eigenvalue weighted by Gasteiger charge is -2.36. The van der Waals surface area contributed by atoms with E-state index in [1.54, 1.807) is 6.20 Å². The first-order valence-corrected chi connectivity index (χ1v) is 6.79. The first kappa shape index (κ1) is 12.6. The highest BCUT2D eigenvalue weighted by Crippen LogP contribution is 2.23. The van der Waals surface area contributed by atoms with E-state index in [1.807, 2.05) is 17.0 Å². The van der Waals surface area contributed by atoms with Crippen molar-refractivity contribution in [3.05, 3.63) is 28.5 Å². The molecular weight excluding hydrogens is 280 g/mol. The molecule has 1 fully saturated rings. The molecule has 0 N–H and O–H groups in total. The van der Waals surface area contributed by atoms with Crippen LogP contribution in [0.1, 0.15) is 37.0 Å². The van der Waals surface area contributed by atoms with Gasteiger partial charge in [-0.1, -0.05) is 6.92 Å². The van der Waals surface area contributed by atoms with Gasteiger partial charge in [0, 0.05) is 18.8 Å². The van der Waals surface area contributed by atoms with Gasteiger partial charge in [-0.2, -0.15) is 0 Å². The maximum absolute atomic E-state index is 12.3. The van der Waals surface area contributed by atoms with Crippen molar-refractivity contribution >= 4 is 21.8 Å². The van der Waals surface area contributed by atoms with E-state index in [9.17, 15) is 4.79 Å². The Labute approximate surface area is 110 Å². The Balaban J connectivity index is 2.12. The van der Waals surface area contributed by atoms with Gasteiger partial charge in [-0.25, -0.2) is 4.98 Å². The van der Waals surface area contributed by atoms with Gasteiger partial charge in [-0.15, -0.1) is 0 Å². The van der Waals surface area contributed by atoms with E-state index in [0.717, 1.165) is 29.9 Å². The number of amides is 1. The molecular formula is C13H17BrN2O. The number of aromatic nitrogens is 1. The lowest BCUT2D eigenvalue weighted by Crippen LogP contribution is -2.44. The van der Waals surface area contributed by atoms with E-state index < -0.39 is 0 Å². The molecule has 2 heterocycles. The number of halogens is 1. The third kappa shape index (κ3) is 2.86. The minimum atomic E-state index is 0.101. The number of carbonyl (C=O) groups is 1. The van der Waals surface area contributed by atoms with E-state index in [1.165, 1.54) is 0 Å². The molecule has 1 aromatic rings. The van der Waals surface area contributed by atoms with Crippen molar-refractivity contribution in [1.82, 2.24) is 9.88 Å². The van der Waals surface area contributed by atoms with Crippen LogP contribution in [0.2, 0.25) is 0 Å². The summed E-state index contributed by atoms with van der Waals surface area (Å²) >= 11 is 3.27. The van der Waals surface area contributed by atoms with Crippen LogP contribution in [-0.2, 0) is 0 Å². The third-order valence-electron chi connectivity index (χ3n) is 3.37. The largest absolute Gasteiger partial charge is 0.336 e. The number of rotatable bonds is 1. The molecule has 1 amide bonds. The summed E-state index contributed by atoms with van der Waals surface area (Å²) in [5, 5.41) is 0. The van der Waals surface area contributed by atoms with Gasteiger partial charge < -0.3 is 4.90 Å². The maximum Gasteiger partial charge on any atom is 0.255 e. The Morgan fingerprint density at radius 3 is 2.82 bits per heavy atom. The van der Waals surface area contributed by atoms with Crippen LogP contribution in [0.5, 0.6) is 0 Å². The quantitative estimate of drug-likeness (QED) is 0.746. The first-order chi connectivity index (χ1) is 8.08. The highest BCUT2D eigenvalue weighted by Gasteiger charge is 2.27. The van der Waals surface area contributed by atoms with E-state index in [0.29, 0.717) is 11.6 Å². The number of hydrogen-bond donors (Lipinski definition) is 0. The normalized spacial score (nSPS) is 24.8. The summed E-state index contributed by atoms with van der Waals surface area (Å²) in [5.41, 5.74) is 0.676. The maximum atomic E-state index is 12.3. The van der Waals surface area contributed by atoms with Crippen LogP contribution >= 0.6 is 15.9 Å². The van der Waals surface area contributed by atoms with Crippen molar-refractivity contribution in [1.29, 1.82) is 0 Å². The minimum Gasteiger partial charge on any atom is -0.336 e. The van der Waals surface area contributed by atoms with E-state index in [-0.39, 0.29) is 5.91 Å². The van der Waals surface area contributed by atoms with Crippen molar-refractivity contribution in [3.63, 3.8) is 0 Å². The summed E-state index contributed by atoms with van der Waals surface area (Å²) in [7, 11) is 0. The lowest BCUT2D eigenvalue weighted by molar-refractivity contribution is 0.0588. The molecule has 0 spiro atoms. The molecule has 0 aromatic carbocycles. The average molecular weight is 297 g/mol. The standard InChI is InChI=1S/C13H17BrN2O/c1-9-5-6-16(10(2)7-9)13(17)11-3-4-12(14)15-8-11/h3-4,8-10H,5-7H2,1-2H3. The molecule has 2 unspecified atom stereocenters. The second-order valence-corrected chi connectivity index (χ2v) is 5.66.